The molecule has 3 aromatic carbocycles. The zero-order chi connectivity index (χ0) is 29.1. The third-order valence-corrected chi connectivity index (χ3v) is 7.17. The lowest BCUT2D eigenvalue weighted by Crippen LogP contribution is -2.29. The summed E-state index contributed by atoms with van der Waals surface area (Å²) < 4.78 is 10.6. The summed E-state index contributed by atoms with van der Waals surface area (Å²) in [5.41, 5.74) is 4.96. The molecule has 1 unspecified atom stereocenters. The molecule has 0 aromatic heterocycles. The third-order valence-electron chi connectivity index (χ3n) is 7.17. The van der Waals surface area contributed by atoms with Gasteiger partial charge in [-0.1, -0.05) is 55.8 Å². The van der Waals surface area contributed by atoms with Crippen LogP contribution in [0.25, 0.3) is 5.76 Å². The lowest BCUT2D eigenvalue weighted by atomic mass is 9.90. The number of carbonyl (C=O) groups excluding carboxylic acids is 3. The average molecular weight is 542 g/mol. The van der Waals surface area contributed by atoms with Crippen LogP contribution >= 0.6 is 0 Å². The maximum atomic E-state index is 13.6. The van der Waals surface area contributed by atoms with Gasteiger partial charge in [0.2, 0.25) is 0 Å². The third kappa shape index (κ3) is 5.50. The van der Waals surface area contributed by atoms with Crippen molar-refractivity contribution in [3.8, 4) is 5.75 Å². The molecule has 40 heavy (non-hydrogen) atoms. The van der Waals surface area contributed by atoms with Crippen LogP contribution in [0.2, 0.25) is 0 Å². The van der Waals surface area contributed by atoms with Crippen molar-refractivity contribution in [1.82, 2.24) is 4.90 Å². The second-order valence-electron chi connectivity index (χ2n) is 10.3. The normalized spacial score (nSPS) is 16.5. The van der Waals surface area contributed by atoms with Gasteiger partial charge >= 0.3 is 5.97 Å². The number of carbonyl (C=O) groups is 3. The molecule has 1 aliphatic rings. The lowest BCUT2D eigenvalue weighted by molar-refractivity contribution is -0.140. The van der Waals surface area contributed by atoms with Gasteiger partial charge in [0.15, 0.2) is 0 Å². The first-order valence-corrected chi connectivity index (χ1v) is 13.4. The van der Waals surface area contributed by atoms with E-state index in [1.165, 1.54) is 4.90 Å². The van der Waals surface area contributed by atoms with Crippen molar-refractivity contribution in [1.29, 1.82) is 0 Å². The monoisotopic (exact) mass is 541 g/mol. The van der Waals surface area contributed by atoms with Gasteiger partial charge in [0.05, 0.1) is 30.9 Å². The summed E-state index contributed by atoms with van der Waals surface area (Å²) >= 11 is 0. The molecule has 0 bridgehead atoms. The molecule has 0 saturated carbocycles. The molecule has 3 aromatic rings. The Balaban J connectivity index is 1.84. The van der Waals surface area contributed by atoms with Crippen molar-refractivity contribution < 1.29 is 29.0 Å². The van der Waals surface area contributed by atoms with E-state index in [4.69, 9.17) is 9.47 Å². The number of amides is 1. The summed E-state index contributed by atoms with van der Waals surface area (Å²) in [6, 6.07) is 17.2. The van der Waals surface area contributed by atoms with Crippen LogP contribution in [0.1, 0.15) is 76.5 Å². The Morgan fingerprint density at radius 3 is 2.33 bits per heavy atom. The maximum absolute atomic E-state index is 13.6. The van der Waals surface area contributed by atoms with Gasteiger partial charge in [-0.25, -0.2) is 4.79 Å². The minimum atomic E-state index is -0.798. The smallest absolute Gasteiger partial charge is 0.338 e. The number of rotatable bonds is 8. The number of hydrogen-bond acceptors (Lipinski definition) is 6. The van der Waals surface area contributed by atoms with Gasteiger partial charge in [0, 0.05) is 12.1 Å². The molecule has 4 rings (SSSR count). The molecule has 0 aliphatic carbocycles. The van der Waals surface area contributed by atoms with Crippen LogP contribution in [-0.4, -0.2) is 41.4 Å². The highest BCUT2D eigenvalue weighted by atomic mass is 16.5. The highest BCUT2D eigenvalue weighted by Crippen LogP contribution is 2.42. The number of benzene rings is 3. The van der Waals surface area contributed by atoms with Gasteiger partial charge in [-0.3, -0.25) is 9.59 Å². The largest absolute Gasteiger partial charge is 0.507 e. The van der Waals surface area contributed by atoms with Gasteiger partial charge in [0.25, 0.3) is 11.7 Å². The van der Waals surface area contributed by atoms with E-state index in [2.05, 4.69) is 0 Å². The fourth-order valence-corrected chi connectivity index (χ4v) is 5.11. The molecular weight excluding hydrogens is 506 g/mol. The van der Waals surface area contributed by atoms with Crippen molar-refractivity contribution in [3.05, 3.63) is 105 Å². The van der Waals surface area contributed by atoms with Crippen molar-refractivity contribution >= 4 is 23.4 Å². The number of aliphatic hydroxyl groups excluding tert-OH is 1. The first-order chi connectivity index (χ1) is 19.1. The van der Waals surface area contributed by atoms with Gasteiger partial charge in [-0.15, -0.1) is 0 Å². The van der Waals surface area contributed by atoms with Gasteiger partial charge in [-0.05, 0) is 73.2 Å². The van der Waals surface area contributed by atoms with Crippen LogP contribution in [0.4, 0.5) is 0 Å². The van der Waals surface area contributed by atoms with Crippen LogP contribution in [0.5, 0.6) is 5.75 Å². The Labute approximate surface area is 235 Å². The fraction of sp³-hybridized carbons (Fsp3) is 0.303. The molecule has 1 fully saturated rings. The summed E-state index contributed by atoms with van der Waals surface area (Å²) in [5, 5.41) is 11.7. The molecule has 1 atom stereocenters. The van der Waals surface area contributed by atoms with E-state index in [0.29, 0.717) is 16.9 Å². The molecular formula is C33H35NO6. The van der Waals surface area contributed by atoms with Crippen molar-refractivity contribution in [3.63, 3.8) is 0 Å². The summed E-state index contributed by atoms with van der Waals surface area (Å²) in [6.07, 6.45) is 0. The number of likely N-dealkylation sites (tertiary alicyclic amines) is 1. The number of aryl methyl sites for hydroxylation is 2. The van der Waals surface area contributed by atoms with Crippen LogP contribution in [0.3, 0.4) is 0 Å². The highest BCUT2D eigenvalue weighted by molar-refractivity contribution is 6.46. The minimum Gasteiger partial charge on any atom is -0.507 e. The van der Waals surface area contributed by atoms with E-state index in [1.54, 1.807) is 38.3 Å². The Morgan fingerprint density at radius 1 is 1.02 bits per heavy atom. The summed E-state index contributed by atoms with van der Waals surface area (Å²) in [5.74, 6) is -1.27. The van der Waals surface area contributed by atoms with E-state index in [1.807, 2.05) is 64.1 Å². The number of ether oxygens (including phenoxy) is 2. The van der Waals surface area contributed by atoms with Crippen LogP contribution < -0.4 is 4.74 Å². The van der Waals surface area contributed by atoms with Crippen molar-refractivity contribution in [2.24, 2.45) is 0 Å². The molecule has 1 amide bonds. The van der Waals surface area contributed by atoms with Gasteiger partial charge < -0.3 is 19.5 Å². The van der Waals surface area contributed by atoms with E-state index in [-0.39, 0.29) is 30.4 Å². The summed E-state index contributed by atoms with van der Waals surface area (Å²) in [4.78, 5) is 40.6. The molecule has 0 radical (unpaired) electrons. The van der Waals surface area contributed by atoms with Crippen LogP contribution in [0, 0.1) is 13.8 Å². The number of ketones is 1. The Morgan fingerprint density at radius 2 is 1.73 bits per heavy atom. The molecule has 0 spiro atoms. The number of aliphatic hydroxyl groups is 1. The Kier molecular flexibility index (Phi) is 8.43. The molecule has 7 nitrogen and oxygen atoms in total. The summed E-state index contributed by atoms with van der Waals surface area (Å²) in [6.45, 7) is 9.95. The molecule has 1 N–H and O–H groups in total. The SMILES string of the molecule is CCOC(=O)c1ccc(CN2C(=O)C(=O)/C(=C(/O)c3cc(C(C)C)c(OC)cc3C)C2c2cccc(C)c2)cc1. The standard InChI is InChI=1S/C33H35NO6/c1-7-40-33(38)23-13-11-22(12-14-23)18-34-29(24-10-8-9-20(4)15-24)28(31(36)32(34)37)30(35)26-17-25(19(2)3)27(39-6)16-21(26)5/h8-17,19,29,35H,7,18H2,1-6H3/b30-28+. The first-order valence-electron chi connectivity index (χ1n) is 13.4. The van der Waals surface area contributed by atoms with Crippen molar-refractivity contribution in [2.75, 3.05) is 13.7 Å². The number of methoxy groups -OCH3 is 1. The average Bonchev–Trinajstić information content (AvgIpc) is 3.17. The van der Waals surface area contributed by atoms with Gasteiger partial charge in [0.1, 0.15) is 11.5 Å². The Bertz CT molecular complexity index is 1490. The van der Waals surface area contributed by atoms with E-state index >= 15 is 0 Å². The predicted molar refractivity (Wildman–Crippen MR) is 153 cm³/mol. The zero-order valence-corrected chi connectivity index (χ0v) is 23.8. The van der Waals surface area contributed by atoms with Crippen LogP contribution in [-0.2, 0) is 20.9 Å². The Hall–Kier alpha value is -4.39. The topological polar surface area (TPSA) is 93.1 Å². The second kappa shape index (κ2) is 11.8. The number of nitrogens with zero attached hydrogens (tertiary/aromatic N) is 1. The maximum Gasteiger partial charge on any atom is 0.338 e. The predicted octanol–water partition coefficient (Wildman–Crippen LogP) is 6.23. The molecule has 1 heterocycles. The lowest BCUT2D eigenvalue weighted by Gasteiger charge is -2.26. The minimum absolute atomic E-state index is 0.0433. The number of hydrogen-bond donors (Lipinski definition) is 1. The molecule has 1 aliphatic heterocycles. The van der Waals surface area contributed by atoms with E-state index < -0.39 is 23.7 Å². The fourth-order valence-electron chi connectivity index (χ4n) is 5.11. The molecule has 1 saturated heterocycles. The van der Waals surface area contributed by atoms with Crippen LogP contribution in [0.15, 0.2) is 66.2 Å². The van der Waals surface area contributed by atoms with E-state index in [0.717, 1.165) is 27.8 Å². The number of esters is 1. The highest BCUT2D eigenvalue weighted by Gasteiger charge is 2.46. The molecule has 208 valence electrons. The van der Waals surface area contributed by atoms with E-state index in [9.17, 15) is 19.5 Å². The zero-order valence-electron chi connectivity index (χ0n) is 23.8. The first kappa shape index (κ1) is 28.6. The summed E-state index contributed by atoms with van der Waals surface area (Å²) in [7, 11) is 1.60. The molecule has 7 heteroatoms. The van der Waals surface area contributed by atoms with Crippen molar-refractivity contribution in [2.45, 2.75) is 53.1 Å². The number of Topliss-reactive ketones (excluding diaryl/α,β-unsaturated/α-hetero) is 1. The van der Waals surface area contributed by atoms with Gasteiger partial charge in [-0.2, -0.15) is 0 Å². The quantitative estimate of drug-likeness (QED) is 0.157. The second-order valence-corrected chi connectivity index (χ2v) is 10.3.